The zero-order valence-electron chi connectivity index (χ0n) is 18.1. The summed E-state index contributed by atoms with van der Waals surface area (Å²) in [6, 6.07) is 17.2. The monoisotopic (exact) mass is 420 g/mol. The highest BCUT2D eigenvalue weighted by atomic mass is 16.5. The molecule has 31 heavy (non-hydrogen) atoms. The lowest BCUT2D eigenvalue weighted by molar-refractivity contribution is -0.119. The minimum Gasteiger partial charge on any atom is -0.495 e. The number of benzene rings is 2. The molecule has 7 nitrogen and oxygen atoms in total. The van der Waals surface area contributed by atoms with Crippen LogP contribution in [0.2, 0.25) is 0 Å². The van der Waals surface area contributed by atoms with Crippen molar-refractivity contribution < 1.29 is 14.3 Å². The molecule has 0 unspecified atom stereocenters. The van der Waals surface area contributed by atoms with Gasteiger partial charge in [0, 0.05) is 44.0 Å². The zero-order valence-corrected chi connectivity index (χ0v) is 18.1. The molecule has 0 aliphatic carbocycles. The summed E-state index contributed by atoms with van der Waals surface area (Å²) >= 11 is 0. The second-order valence-corrected chi connectivity index (χ2v) is 7.49. The average molecular weight is 421 g/mol. The Balaban J connectivity index is 1.62. The van der Waals surface area contributed by atoms with Crippen molar-refractivity contribution in [1.29, 1.82) is 5.26 Å². The van der Waals surface area contributed by atoms with Crippen LogP contribution in [0.25, 0.3) is 0 Å². The standard InChI is InChI=1S/C24H28N4O3/c1-19(29)20-8-10-21(11-9-20)27-16-14-26(15-17-27)18-24(30)28(13-5-12-25)22-6-3-4-7-23(22)31-2/h3-4,6-11H,5,13-18H2,1-2H3. The minimum atomic E-state index is -0.0426. The van der Waals surface area contributed by atoms with E-state index in [1.165, 1.54) is 0 Å². The summed E-state index contributed by atoms with van der Waals surface area (Å²) in [7, 11) is 1.58. The number of carbonyl (C=O) groups excluding carboxylic acids is 2. The van der Waals surface area contributed by atoms with Crippen LogP contribution in [0, 0.1) is 11.3 Å². The molecule has 2 aromatic carbocycles. The lowest BCUT2D eigenvalue weighted by Crippen LogP contribution is -2.50. The van der Waals surface area contributed by atoms with Crippen LogP contribution < -0.4 is 14.5 Å². The Bertz CT molecular complexity index is 944. The van der Waals surface area contributed by atoms with Crippen molar-refractivity contribution >= 4 is 23.1 Å². The molecule has 1 aliphatic heterocycles. The van der Waals surface area contributed by atoms with Crippen LogP contribution >= 0.6 is 0 Å². The third-order valence-electron chi connectivity index (χ3n) is 5.49. The number of hydrogen-bond acceptors (Lipinski definition) is 6. The summed E-state index contributed by atoms with van der Waals surface area (Å²) in [4.78, 5) is 30.6. The molecule has 1 heterocycles. The van der Waals surface area contributed by atoms with Crippen LogP contribution in [0.1, 0.15) is 23.7 Å². The Hall–Kier alpha value is -3.37. The summed E-state index contributed by atoms with van der Waals surface area (Å²) in [5.41, 5.74) is 2.48. The van der Waals surface area contributed by atoms with Gasteiger partial charge in [-0.1, -0.05) is 12.1 Å². The molecule has 0 atom stereocenters. The van der Waals surface area contributed by atoms with Crippen molar-refractivity contribution in [3.63, 3.8) is 0 Å². The van der Waals surface area contributed by atoms with Gasteiger partial charge >= 0.3 is 0 Å². The van der Waals surface area contributed by atoms with Crippen molar-refractivity contribution in [2.45, 2.75) is 13.3 Å². The molecule has 2 aromatic rings. The first-order valence-electron chi connectivity index (χ1n) is 10.4. The van der Waals surface area contributed by atoms with Gasteiger partial charge in [0.1, 0.15) is 5.75 Å². The zero-order chi connectivity index (χ0) is 22.2. The maximum absolute atomic E-state index is 13.1. The molecular weight excluding hydrogens is 392 g/mol. The first-order valence-corrected chi connectivity index (χ1v) is 10.4. The highest BCUT2D eigenvalue weighted by Crippen LogP contribution is 2.28. The summed E-state index contributed by atoms with van der Waals surface area (Å²) in [5, 5.41) is 9.02. The van der Waals surface area contributed by atoms with Crippen LogP contribution in [0.4, 0.5) is 11.4 Å². The predicted octanol–water partition coefficient (Wildman–Crippen LogP) is 2.97. The van der Waals surface area contributed by atoms with Crippen molar-refractivity contribution in [3.05, 3.63) is 54.1 Å². The average Bonchev–Trinajstić information content (AvgIpc) is 2.80. The van der Waals surface area contributed by atoms with E-state index in [9.17, 15) is 9.59 Å². The van der Waals surface area contributed by atoms with Gasteiger partial charge in [0.2, 0.25) is 5.91 Å². The molecule has 7 heteroatoms. The molecular formula is C24H28N4O3. The third kappa shape index (κ3) is 5.62. The highest BCUT2D eigenvalue weighted by Gasteiger charge is 2.24. The third-order valence-corrected chi connectivity index (χ3v) is 5.49. The van der Waals surface area contributed by atoms with E-state index >= 15 is 0 Å². The van der Waals surface area contributed by atoms with Gasteiger partial charge in [-0.2, -0.15) is 5.26 Å². The number of rotatable bonds is 8. The fraction of sp³-hybridized carbons (Fsp3) is 0.375. The molecule has 1 fully saturated rings. The Labute approximate surface area is 183 Å². The number of Topliss-reactive ketones (excluding diaryl/α,β-unsaturated/α-hetero) is 1. The van der Waals surface area contributed by atoms with E-state index in [0.29, 0.717) is 30.1 Å². The van der Waals surface area contributed by atoms with Crippen molar-refractivity contribution in [2.75, 3.05) is 56.2 Å². The van der Waals surface area contributed by atoms with Crippen molar-refractivity contribution in [3.8, 4) is 11.8 Å². The maximum atomic E-state index is 13.1. The van der Waals surface area contributed by atoms with Crippen LogP contribution in [-0.4, -0.2) is 63.0 Å². The van der Waals surface area contributed by atoms with Gasteiger partial charge in [-0.05, 0) is 43.3 Å². The molecule has 0 aromatic heterocycles. The number of hydrogen-bond donors (Lipinski definition) is 0. The number of nitrogens with zero attached hydrogens (tertiary/aromatic N) is 4. The summed E-state index contributed by atoms with van der Waals surface area (Å²) in [6.45, 7) is 5.32. The molecule has 0 bridgehead atoms. The minimum absolute atomic E-state index is 0.0426. The first kappa shape index (κ1) is 22.3. The van der Waals surface area contributed by atoms with E-state index in [4.69, 9.17) is 10.00 Å². The van der Waals surface area contributed by atoms with E-state index in [0.717, 1.165) is 31.9 Å². The van der Waals surface area contributed by atoms with E-state index in [-0.39, 0.29) is 18.1 Å². The molecule has 0 N–H and O–H groups in total. The Morgan fingerprint density at radius 2 is 1.74 bits per heavy atom. The topological polar surface area (TPSA) is 76.9 Å². The molecule has 0 saturated carbocycles. The Morgan fingerprint density at radius 1 is 1.06 bits per heavy atom. The van der Waals surface area contributed by atoms with Gasteiger partial charge < -0.3 is 14.5 Å². The molecule has 162 valence electrons. The second kappa shape index (κ2) is 10.6. The molecule has 1 aliphatic rings. The Morgan fingerprint density at radius 3 is 2.35 bits per heavy atom. The van der Waals surface area contributed by atoms with E-state index in [2.05, 4.69) is 15.9 Å². The number of para-hydroxylation sites is 2. The van der Waals surface area contributed by atoms with Crippen LogP contribution in [0.15, 0.2) is 48.5 Å². The number of anilines is 2. The smallest absolute Gasteiger partial charge is 0.241 e. The van der Waals surface area contributed by atoms with Gasteiger partial charge in [-0.25, -0.2) is 0 Å². The number of nitriles is 1. The van der Waals surface area contributed by atoms with Gasteiger partial charge in [0.05, 0.1) is 31.8 Å². The number of methoxy groups -OCH3 is 1. The maximum Gasteiger partial charge on any atom is 0.241 e. The van der Waals surface area contributed by atoms with Gasteiger partial charge in [-0.3, -0.25) is 14.5 Å². The largest absolute Gasteiger partial charge is 0.495 e. The van der Waals surface area contributed by atoms with Gasteiger partial charge in [0.15, 0.2) is 5.78 Å². The van der Waals surface area contributed by atoms with Gasteiger partial charge in [0.25, 0.3) is 0 Å². The highest BCUT2D eigenvalue weighted by molar-refractivity contribution is 5.96. The SMILES string of the molecule is COc1ccccc1N(CCC#N)C(=O)CN1CCN(c2ccc(C(C)=O)cc2)CC1. The molecule has 1 saturated heterocycles. The number of carbonyl (C=O) groups is 2. The molecule has 1 amide bonds. The number of ether oxygens (including phenoxy) is 1. The molecule has 0 radical (unpaired) electrons. The lowest BCUT2D eigenvalue weighted by atomic mass is 10.1. The first-order chi connectivity index (χ1) is 15.0. The fourth-order valence-corrected chi connectivity index (χ4v) is 3.74. The van der Waals surface area contributed by atoms with E-state index in [1.807, 2.05) is 48.5 Å². The predicted molar refractivity (Wildman–Crippen MR) is 121 cm³/mol. The summed E-state index contributed by atoms with van der Waals surface area (Å²) < 4.78 is 5.41. The van der Waals surface area contributed by atoms with Gasteiger partial charge in [-0.15, -0.1) is 0 Å². The van der Waals surface area contributed by atoms with Crippen molar-refractivity contribution in [2.24, 2.45) is 0 Å². The molecule has 3 rings (SSSR count). The number of ketones is 1. The molecule has 0 spiro atoms. The normalized spacial score (nSPS) is 14.0. The van der Waals surface area contributed by atoms with Crippen LogP contribution in [0.3, 0.4) is 0 Å². The second-order valence-electron chi connectivity index (χ2n) is 7.49. The van der Waals surface area contributed by atoms with Crippen LogP contribution in [0.5, 0.6) is 5.75 Å². The lowest BCUT2D eigenvalue weighted by Gasteiger charge is -2.36. The summed E-state index contributed by atoms with van der Waals surface area (Å²) in [6.07, 6.45) is 0.258. The summed E-state index contributed by atoms with van der Waals surface area (Å²) in [5.74, 6) is 0.637. The number of piperazine rings is 1. The fourth-order valence-electron chi connectivity index (χ4n) is 3.74. The number of amides is 1. The van der Waals surface area contributed by atoms with Crippen molar-refractivity contribution in [1.82, 2.24) is 4.90 Å². The van der Waals surface area contributed by atoms with E-state index < -0.39 is 0 Å². The Kier molecular flexibility index (Phi) is 7.63. The van der Waals surface area contributed by atoms with Crippen LogP contribution in [-0.2, 0) is 4.79 Å². The quantitative estimate of drug-likeness (QED) is 0.611. The van der Waals surface area contributed by atoms with E-state index in [1.54, 1.807) is 18.9 Å².